The van der Waals surface area contributed by atoms with Crippen molar-refractivity contribution in [3.05, 3.63) is 11.8 Å². The van der Waals surface area contributed by atoms with Crippen molar-refractivity contribution in [1.82, 2.24) is 10.5 Å². The molecule has 2 amide bonds. The smallest absolute Gasteiger partial charge is 0.320 e. The van der Waals surface area contributed by atoms with Gasteiger partial charge in [0.25, 0.3) is 0 Å². The fraction of sp³-hybridized carbons (Fsp3) is 0.556. The second-order valence-electron chi connectivity index (χ2n) is 3.28. The van der Waals surface area contributed by atoms with E-state index in [9.17, 15) is 4.79 Å². The average molecular weight is 213 g/mol. The number of aryl methyl sites for hydroxylation is 1. The van der Waals surface area contributed by atoms with Crippen LogP contribution in [0.15, 0.2) is 10.6 Å². The van der Waals surface area contributed by atoms with E-state index in [2.05, 4.69) is 15.8 Å². The molecule has 2 N–H and O–H groups in total. The summed E-state index contributed by atoms with van der Waals surface area (Å²) in [5, 5.41) is 8.85. The van der Waals surface area contributed by atoms with Gasteiger partial charge in [0.05, 0.1) is 12.6 Å². The first kappa shape index (κ1) is 11.5. The molecule has 0 aliphatic rings. The van der Waals surface area contributed by atoms with Gasteiger partial charge in [-0.3, -0.25) is 5.32 Å². The molecule has 6 nitrogen and oxygen atoms in total. The average Bonchev–Trinajstić information content (AvgIpc) is 2.51. The van der Waals surface area contributed by atoms with E-state index >= 15 is 0 Å². The lowest BCUT2D eigenvalue weighted by Gasteiger charge is -2.12. The molecule has 0 saturated carbocycles. The van der Waals surface area contributed by atoms with Gasteiger partial charge < -0.3 is 14.6 Å². The van der Waals surface area contributed by atoms with E-state index in [1.54, 1.807) is 20.1 Å². The number of aromatic nitrogens is 1. The number of urea groups is 1. The number of methoxy groups -OCH3 is 1. The van der Waals surface area contributed by atoms with Crippen LogP contribution in [0, 0.1) is 6.92 Å². The highest BCUT2D eigenvalue weighted by Gasteiger charge is 2.08. The molecule has 0 radical (unpaired) electrons. The van der Waals surface area contributed by atoms with Crippen LogP contribution in [0.2, 0.25) is 0 Å². The maximum atomic E-state index is 11.3. The number of amides is 2. The molecule has 6 heteroatoms. The minimum atomic E-state index is -0.326. The molecule has 1 aromatic heterocycles. The van der Waals surface area contributed by atoms with E-state index in [1.807, 2.05) is 6.92 Å². The summed E-state index contributed by atoms with van der Waals surface area (Å²) in [6.07, 6.45) is 0. The van der Waals surface area contributed by atoms with Crippen molar-refractivity contribution in [2.75, 3.05) is 19.0 Å². The molecule has 1 atom stereocenters. The lowest BCUT2D eigenvalue weighted by atomic mass is 10.4. The number of hydrogen-bond donors (Lipinski definition) is 2. The van der Waals surface area contributed by atoms with Crippen molar-refractivity contribution in [1.29, 1.82) is 0 Å². The second-order valence-corrected chi connectivity index (χ2v) is 3.28. The van der Waals surface area contributed by atoms with Crippen LogP contribution < -0.4 is 10.6 Å². The zero-order chi connectivity index (χ0) is 11.3. The number of rotatable bonds is 4. The highest BCUT2D eigenvalue weighted by Crippen LogP contribution is 2.06. The molecule has 15 heavy (non-hydrogen) atoms. The largest absolute Gasteiger partial charge is 0.383 e. The van der Waals surface area contributed by atoms with Crippen LogP contribution in [0.3, 0.4) is 0 Å². The van der Waals surface area contributed by atoms with Gasteiger partial charge in [0.1, 0.15) is 5.76 Å². The van der Waals surface area contributed by atoms with E-state index in [0.29, 0.717) is 18.2 Å². The lowest BCUT2D eigenvalue weighted by molar-refractivity contribution is 0.173. The first-order valence-electron chi connectivity index (χ1n) is 4.61. The monoisotopic (exact) mass is 213 g/mol. The number of ether oxygens (including phenoxy) is 1. The second kappa shape index (κ2) is 5.35. The van der Waals surface area contributed by atoms with Crippen LogP contribution in [0.1, 0.15) is 12.7 Å². The highest BCUT2D eigenvalue weighted by molar-refractivity contribution is 5.88. The summed E-state index contributed by atoms with van der Waals surface area (Å²) in [5.41, 5.74) is 0. The molecule has 1 heterocycles. The Hall–Kier alpha value is -1.56. The Morgan fingerprint density at radius 2 is 2.47 bits per heavy atom. The molecule has 0 bridgehead atoms. The van der Waals surface area contributed by atoms with Gasteiger partial charge in [-0.2, -0.15) is 0 Å². The predicted octanol–water partition coefficient (Wildman–Crippen LogP) is 1.14. The normalized spacial score (nSPS) is 12.2. The summed E-state index contributed by atoms with van der Waals surface area (Å²) in [6.45, 7) is 4.06. The molecular formula is C9H15N3O3. The van der Waals surface area contributed by atoms with E-state index < -0.39 is 0 Å². The SMILES string of the molecule is COC[C@H](C)NC(=O)Nc1cc(C)on1. The third-order valence-electron chi connectivity index (χ3n) is 1.66. The van der Waals surface area contributed by atoms with Gasteiger partial charge in [-0.15, -0.1) is 0 Å². The first-order chi connectivity index (χ1) is 7.11. The van der Waals surface area contributed by atoms with Crippen molar-refractivity contribution in [2.45, 2.75) is 19.9 Å². The van der Waals surface area contributed by atoms with Gasteiger partial charge in [0.15, 0.2) is 5.82 Å². The standard InChI is InChI=1S/C9H15N3O3/c1-6(5-14-3)10-9(13)11-8-4-7(2)15-12-8/h4,6H,5H2,1-3H3,(H2,10,11,12,13)/t6-/m0/s1. The summed E-state index contributed by atoms with van der Waals surface area (Å²) in [6, 6.07) is 1.26. The number of nitrogens with zero attached hydrogens (tertiary/aromatic N) is 1. The van der Waals surface area contributed by atoms with Gasteiger partial charge in [0, 0.05) is 13.2 Å². The zero-order valence-electron chi connectivity index (χ0n) is 9.03. The van der Waals surface area contributed by atoms with E-state index in [0.717, 1.165) is 0 Å². The van der Waals surface area contributed by atoms with Crippen molar-refractivity contribution in [2.24, 2.45) is 0 Å². The fourth-order valence-corrected chi connectivity index (χ4v) is 1.09. The van der Waals surface area contributed by atoms with Gasteiger partial charge in [-0.05, 0) is 13.8 Å². The summed E-state index contributed by atoms with van der Waals surface area (Å²) in [5.74, 6) is 1.05. The first-order valence-corrected chi connectivity index (χ1v) is 4.61. The fourth-order valence-electron chi connectivity index (χ4n) is 1.09. The maximum absolute atomic E-state index is 11.3. The minimum absolute atomic E-state index is 0.0528. The Morgan fingerprint density at radius 3 is 3.00 bits per heavy atom. The Kier molecular flexibility index (Phi) is 4.11. The zero-order valence-corrected chi connectivity index (χ0v) is 9.03. The molecule has 0 aliphatic carbocycles. The van der Waals surface area contributed by atoms with E-state index in [1.165, 1.54) is 0 Å². The molecular weight excluding hydrogens is 198 g/mol. The van der Waals surface area contributed by atoms with Gasteiger partial charge in [-0.1, -0.05) is 5.16 Å². The number of hydrogen-bond acceptors (Lipinski definition) is 4. The van der Waals surface area contributed by atoms with Gasteiger partial charge in [0.2, 0.25) is 0 Å². The number of nitrogens with one attached hydrogen (secondary N) is 2. The van der Waals surface area contributed by atoms with Crippen LogP contribution in [0.5, 0.6) is 0 Å². The molecule has 0 aliphatic heterocycles. The van der Waals surface area contributed by atoms with Crippen LogP contribution >= 0.6 is 0 Å². The molecule has 1 rings (SSSR count). The van der Waals surface area contributed by atoms with E-state index in [-0.39, 0.29) is 12.1 Å². The quantitative estimate of drug-likeness (QED) is 0.786. The highest BCUT2D eigenvalue weighted by atomic mass is 16.5. The van der Waals surface area contributed by atoms with E-state index in [4.69, 9.17) is 9.26 Å². The Bertz CT molecular complexity index is 324. The summed E-state index contributed by atoms with van der Waals surface area (Å²) in [4.78, 5) is 11.3. The minimum Gasteiger partial charge on any atom is -0.383 e. The lowest BCUT2D eigenvalue weighted by Crippen LogP contribution is -2.38. The van der Waals surface area contributed by atoms with Crippen molar-refractivity contribution in [3.63, 3.8) is 0 Å². The number of anilines is 1. The van der Waals surface area contributed by atoms with Crippen molar-refractivity contribution in [3.8, 4) is 0 Å². The van der Waals surface area contributed by atoms with Crippen molar-refractivity contribution < 1.29 is 14.1 Å². The molecule has 0 spiro atoms. The van der Waals surface area contributed by atoms with Gasteiger partial charge in [-0.25, -0.2) is 4.79 Å². The molecule has 0 unspecified atom stereocenters. The van der Waals surface area contributed by atoms with Crippen LogP contribution in [-0.2, 0) is 4.74 Å². The van der Waals surface area contributed by atoms with Gasteiger partial charge >= 0.3 is 6.03 Å². The number of carbonyl (C=O) groups excluding carboxylic acids is 1. The molecule has 0 fully saturated rings. The summed E-state index contributed by atoms with van der Waals surface area (Å²) >= 11 is 0. The Balaban J connectivity index is 2.36. The topological polar surface area (TPSA) is 76.4 Å². The predicted molar refractivity (Wildman–Crippen MR) is 54.7 cm³/mol. The van der Waals surface area contributed by atoms with Crippen LogP contribution in [-0.4, -0.2) is 30.9 Å². The summed E-state index contributed by atoms with van der Waals surface area (Å²) < 4.78 is 9.68. The van der Waals surface area contributed by atoms with Crippen molar-refractivity contribution >= 4 is 11.8 Å². The Morgan fingerprint density at radius 1 is 1.73 bits per heavy atom. The molecule has 84 valence electrons. The third-order valence-corrected chi connectivity index (χ3v) is 1.66. The maximum Gasteiger partial charge on any atom is 0.320 e. The molecule has 1 aromatic rings. The number of carbonyl (C=O) groups is 1. The summed E-state index contributed by atoms with van der Waals surface area (Å²) in [7, 11) is 1.58. The Labute approximate surface area is 88.0 Å². The van der Waals surface area contributed by atoms with Crippen LogP contribution in [0.4, 0.5) is 10.6 Å². The molecule has 0 aromatic carbocycles. The third kappa shape index (κ3) is 3.99. The molecule has 0 saturated heterocycles. The van der Waals surface area contributed by atoms with Crippen LogP contribution in [0.25, 0.3) is 0 Å².